The molecule has 1 heterocycles. The molecule has 1 fully saturated rings. The summed E-state index contributed by atoms with van der Waals surface area (Å²) in [5.74, 6) is -0.268. The summed E-state index contributed by atoms with van der Waals surface area (Å²) < 4.78 is 15.5. The first kappa shape index (κ1) is 13.4. The fraction of sp³-hybridized carbons (Fsp3) is 0.909. The van der Waals surface area contributed by atoms with E-state index in [1.54, 1.807) is 7.05 Å². The highest BCUT2D eigenvalue weighted by atomic mass is 16.6. The quantitative estimate of drug-likeness (QED) is 0.668. The van der Waals surface area contributed by atoms with Gasteiger partial charge < -0.3 is 19.5 Å². The van der Waals surface area contributed by atoms with Crippen LogP contribution in [0, 0.1) is 0 Å². The summed E-state index contributed by atoms with van der Waals surface area (Å²) in [5.41, 5.74) is -0.696. The number of likely N-dealkylation sites (N-methyl/N-ethyl adjacent to an activating group) is 1. The maximum absolute atomic E-state index is 11.6. The molecule has 0 bridgehead atoms. The summed E-state index contributed by atoms with van der Waals surface area (Å²) in [6, 6.07) is 0. The molecule has 0 aromatic heterocycles. The Hall–Kier alpha value is -0.650. The van der Waals surface area contributed by atoms with Gasteiger partial charge in [-0.25, -0.2) is 0 Å². The molecule has 0 aromatic rings. The van der Waals surface area contributed by atoms with E-state index in [2.05, 4.69) is 5.32 Å². The van der Waals surface area contributed by atoms with Crippen LogP contribution in [0.1, 0.15) is 20.3 Å². The summed E-state index contributed by atoms with van der Waals surface area (Å²) in [6.45, 7) is 5.07. The Kier molecular flexibility index (Phi) is 4.70. The standard InChI is InChI=1S/C11H21NO4/c1-8(16-9-6-15-7-9)5-11(2,12-3)10(13)14-4/h8-9,12H,5-7H2,1-4H3. The molecule has 0 aliphatic carbocycles. The summed E-state index contributed by atoms with van der Waals surface area (Å²) >= 11 is 0. The lowest BCUT2D eigenvalue weighted by molar-refractivity contribution is -0.163. The van der Waals surface area contributed by atoms with Gasteiger partial charge in [0.1, 0.15) is 11.6 Å². The number of rotatable bonds is 6. The molecule has 2 atom stereocenters. The minimum absolute atomic E-state index is 0.00884. The van der Waals surface area contributed by atoms with Crippen LogP contribution >= 0.6 is 0 Å². The normalized spacial score (nSPS) is 22.0. The topological polar surface area (TPSA) is 56.8 Å². The van der Waals surface area contributed by atoms with Crippen LogP contribution in [0.4, 0.5) is 0 Å². The van der Waals surface area contributed by atoms with E-state index in [-0.39, 0.29) is 18.2 Å². The third-order valence-electron chi connectivity index (χ3n) is 2.92. The molecular weight excluding hydrogens is 210 g/mol. The molecule has 5 nitrogen and oxygen atoms in total. The number of carbonyl (C=O) groups is 1. The maximum atomic E-state index is 11.6. The predicted octanol–water partition coefficient (Wildman–Crippen LogP) is 0.331. The number of ether oxygens (including phenoxy) is 3. The highest BCUT2D eigenvalue weighted by molar-refractivity contribution is 5.80. The van der Waals surface area contributed by atoms with E-state index in [1.807, 2.05) is 13.8 Å². The highest BCUT2D eigenvalue weighted by Crippen LogP contribution is 2.18. The number of nitrogens with one attached hydrogen (secondary N) is 1. The van der Waals surface area contributed by atoms with E-state index < -0.39 is 5.54 Å². The highest BCUT2D eigenvalue weighted by Gasteiger charge is 2.35. The van der Waals surface area contributed by atoms with Crippen molar-refractivity contribution >= 4 is 5.97 Å². The second kappa shape index (κ2) is 5.61. The van der Waals surface area contributed by atoms with Crippen LogP contribution in [0.3, 0.4) is 0 Å². The van der Waals surface area contributed by atoms with Crippen molar-refractivity contribution in [3.05, 3.63) is 0 Å². The van der Waals surface area contributed by atoms with Gasteiger partial charge in [-0.2, -0.15) is 0 Å². The Morgan fingerprint density at radius 3 is 2.62 bits per heavy atom. The molecule has 0 radical (unpaired) electrons. The third-order valence-corrected chi connectivity index (χ3v) is 2.92. The third kappa shape index (κ3) is 3.17. The van der Waals surface area contributed by atoms with Crippen molar-refractivity contribution in [2.75, 3.05) is 27.4 Å². The van der Waals surface area contributed by atoms with E-state index in [0.717, 1.165) is 0 Å². The fourth-order valence-electron chi connectivity index (χ4n) is 1.76. The van der Waals surface area contributed by atoms with Gasteiger partial charge in [0, 0.05) is 6.42 Å². The van der Waals surface area contributed by atoms with E-state index in [1.165, 1.54) is 7.11 Å². The maximum Gasteiger partial charge on any atom is 0.325 e. The number of methoxy groups -OCH3 is 1. The number of hydrogen-bond donors (Lipinski definition) is 1. The van der Waals surface area contributed by atoms with E-state index in [0.29, 0.717) is 19.6 Å². The first-order valence-electron chi connectivity index (χ1n) is 5.52. The molecule has 0 aromatic carbocycles. The van der Waals surface area contributed by atoms with Gasteiger partial charge >= 0.3 is 5.97 Å². The Morgan fingerprint density at radius 1 is 1.62 bits per heavy atom. The molecule has 1 aliphatic rings. The van der Waals surface area contributed by atoms with Crippen molar-refractivity contribution < 1.29 is 19.0 Å². The largest absolute Gasteiger partial charge is 0.468 e. The Balaban J connectivity index is 2.44. The number of esters is 1. The zero-order valence-electron chi connectivity index (χ0n) is 10.4. The van der Waals surface area contributed by atoms with Crippen LogP contribution in [0.5, 0.6) is 0 Å². The molecule has 0 saturated carbocycles. The second-order valence-corrected chi connectivity index (χ2v) is 4.38. The first-order valence-corrected chi connectivity index (χ1v) is 5.52. The van der Waals surface area contributed by atoms with Crippen LogP contribution in [-0.4, -0.2) is 51.1 Å². The smallest absolute Gasteiger partial charge is 0.325 e. The van der Waals surface area contributed by atoms with Crippen molar-refractivity contribution in [3.8, 4) is 0 Å². The van der Waals surface area contributed by atoms with Gasteiger partial charge in [0.15, 0.2) is 0 Å². The van der Waals surface area contributed by atoms with Crippen LogP contribution in [0.25, 0.3) is 0 Å². The van der Waals surface area contributed by atoms with Gasteiger partial charge in [-0.05, 0) is 20.9 Å². The number of carbonyl (C=O) groups excluding carboxylic acids is 1. The molecule has 94 valence electrons. The van der Waals surface area contributed by atoms with Crippen LogP contribution in [0.15, 0.2) is 0 Å². The predicted molar refractivity (Wildman–Crippen MR) is 59.3 cm³/mol. The molecule has 2 unspecified atom stereocenters. The first-order chi connectivity index (χ1) is 7.51. The van der Waals surface area contributed by atoms with Crippen LogP contribution in [-0.2, 0) is 19.0 Å². The van der Waals surface area contributed by atoms with Crippen molar-refractivity contribution in [2.45, 2.75) is 38.0 Å². The Labute approximate surface area is 96.4 Å². The van der Waals surface area contributed by atoms with Crippen molar-refractivity contribution in [3.63, 3.8) is 0 Å². The summed E-state index contributed by atoms with van der Waals surface area (Å²) in [4.78, 5) is 11.6. The Morgan fingerprint density at radius 2 is 2.25 bits per heavy atom. The van der Waals surface area contributed by atoms with E-state index in [4.69, 9.17) is 14.2 Å². The molecular formula is C11H21NO4. The van der Waals surface area contributed by atoms with Crippen molar-refractivity contribution in [1.29, 1.82) is 0 Å². The molecule has 1 aliphatic heterocycles. The van der Waals surface area contributed by atoms with Crippen molar-refractivity contribution in [1.82, 2.24) is 5.32 Å². The molecule has 16 heavy (non-hydrogen) atoms. The molecule has 5 heteroatoms. The minimum atomic E-state index is -0.696. The van der Waals surface area contributed by atoms with Gasteiger partial charge in [-0.15, -0.1) is 0 Å². The summed E-state index contributed by atoms with van der Waals surface area (Å²) in [5, 5.41) is 2.98. The molecule has 1 rings (SSSR count). The van der Waals surface area contributed by atoms with E-state index in [9.17, 15) is 4.79 Å². The molecule has 0 amide bonds. The average Bonchev–Trinajstić information content (AvgIpc) is 2.22. The average molecular weight is 231 g/mol. The van der Waals surface area contributed by atoms with Crippen LogP contribution in [0.2, 0.25) is 0 Å². The lowest BCUT2D eigenvalue weighted by Gasteiger charge is -2.33. The number of hydrogen-bond acceptors (Lipinski definition) is 5. The lowest BCUT2D eigenvalue weighted by Crippen LogP contribution is -2.51. The molecule has 1 saturated heterocycles. The summed E-state index contributed by atoms with van der Waals surface area (Å²) in [7, 11) is 3.14. The fourth-order valence-corrected chi connectivity index (χ4v) is 1.76. The zero-order chi connectivity index (χ0) is 12.2. The van der Waals surface area contributed by atoms with Gasteiger partial charge in [-0.3, -0.25) is 4.79 Å². The molecule has 0 spiro atoms. The van der Waals surface area contributed by atoms with E-state index >= 15 is 0 Å². The zero-order valence-corrected chi connectivity index (χ0v) is 10.4. The minimum Gasteiger partial charge on any atom is -0.468 e. The van der Waals surface area contributed by atoms with Crippen LogP contribution < -0.4 is 5.32 Å². The second-order valence-electron chi connectivity index (χ2n) is 4.38. The van der Waals surface area contributed by atoms with Gasteiger partial charge in [0.05, 0.1) is 26.4 Å². The monoisotopic (exact) mass is 231 g/mol. The Bertz CT molecular complexity index is 242. The van der Waals surface area contributed by atoms with Crippen molar-refractivity contribution in [2.24, 2.45) is 0 Å². The lowest BCUT2D eigenvalue weighted by atomic mass is 9.95. The van der Waals surface area contributed by atoms with Gasteiger partial charge in [0.2, 0.25) is 0 Å². The van der Waals surface area contributed by atoms with Gasteiger partial charge in [0.25, 0.3) is 0 Å². The van der Waals surface area contributed by atoms with Gasteiger partial charge in [-0.1, -0.05) is 0 Å². The SMILES string of the molecule is CNC(C)(CC(C)OC1COC1)C(=O)OC. The molecule has 1 N–H and O–H groups in total. The summed E-state index contributed by atoms with van der Waals surface area (Å²) in [6.07, 6.45) is 0.742.